The van der Waals surface area contributed by atoms with Crippen molar-refractivity contribution in [1.82, 2.24) is 20.0 Å². The fraction of sp³-hybridized carbons (Fsp3) is 0.632. The van der Waals surface area contributed by atoms with E-state index in [0.29, 0.717) is 32.7 Å². The molecule has 0 aliphatic carbocycles. The van der Waals surface area contributed by atoms with Crippen LogP contribution >= 0.6 is 0 Å². The Morgan fingerprint density at radius 3 is 2.71 bits per heavy atom. The molecule has 1 N–H and O–H groups in total. The lowest BCUT2D eigenvalue weighted by atomic mass is 10.2. The number of urea groups is 1. The number of nitrogens with zero attached hydrogens (tertiary/aromatic N) is 3. The molecule has 2 rings (SSSR count). The van der Waals surface area contributed by atoms with E-state index >= 15 is 0 Å². The van der Waals surface area contributed by atoms with Gasteiger partial charge in [0.2, 0.25) is 0 Å². The first-order valence-corrected chi connectivity index (χ1v) is 9.41. The Hall–Kier alpha value is -2.00. The summed E-state index contributed by atoms with van der Waals surface area (Å²) in [7, 11) is 3.95. The number of nitrogens with one attached hydrogen (secondary N) is 1. The van der Waals surface area contributed by atoms with E-state index < -0.39 is 12.7 Å². The molecule has 9 heteroatoms. The third-order valence-corrected chi connectivity index (χ3v) is 4.43. The summed E-state index contributed by atoms with van der Waals surface area (Å²) in [5, 5.41) is 2.84. The monoisotopic (exact) mass is 402 g/mol. The standard InChI is InChI=1S/C19H29F3N4O2/c1-24(2)11-12-28-17-6-3-5-16(13-17)14-23-18(27)26-8-4-7-25(9-10-26)15-19(20,21)22/h3,5-6,13H,4,7-12,14-15H2,1-2H3,(H,23,27). The SMILES string of the molecule is CN(C)CCOc1cccc(CNC(=O)N2CCCN(CC(F)(F)F)CC2)c1. The van der Waals surface area contributed by atoms with Gasteiger partial charge in [0.25, 0.3) is 0 Å². The first-order valence-electron chi connectivity index (χ1n) is 9.41. The van der Waals surface area contributed by atoms with Crippen molar-refractivity contribution >= 4 is 6.03 Å². The highest BCUT2D eigenvalue weighted by Crippen LogP contribution is 2.18. The first kappa shape index (κ1) is 22.3. The minimum Gasteiger partial charge on any atom is -0.492 e. The summed E-state index contributed by atoms with van der Waals surface area (Å²) in [6.07, 6.45) is -3.68. The van der Waals surface area contributed by atoms with Gasteiger partial charge in [-0.25, -0.2) is 4.79 Å². The van der Waals surface area contributed by atoms with Gasteiger partial charge < -0.3 is 19.9 Å². The largest absolute Gasteiger partial charge is 0.492 e. The number of halogens is 3. The molecule has 1 saturated heterocycles. The Kier molecular flexibility index (Phi) is 8.37. The Labute approximate surface area is 164 Å². The number of carbonyl (C=O) groups excluding carboxylic acids is 1. The fourth-order valence-electron chi connectivity index (χ4n) is 2.97. The van der Waals surface area contributed by atoms with E-state index in [1.165, 1.54) is 4.90 Å². The lowest BCUT2D eigenvalue weighted by molar-refractivity contribution is -0.145. The van der Waals surface area contributed by atoms with Gasteiger partial charge in [0.1, 0.15) is 12.4 Å². The molecule has 1 fully saturated rings. The van der Waals surface area contributed by atoms with Crippen molar-refractivity contribution in [3.63, 3.8) is 0 Å². The van der Waals surface area contributed by atoms with Crippen LogP contribution in [-0.2, 0) is 6.54 Å². The topological polar surface area (TPSA) is 48.1 Å². The Morgan fingerprint density at radius 1 is 1.21 bits per heavy atom. The summed E-state index contributed by atoms with van der Waals surface area (Å²) in [5.41, 5.74) is 0.907. The molecule has 2 amide bonds. The summed E-state index contributed by atoms with van der Waals surface area (Å²) in [6.45, 7) is 2.10. The maximum Gasteiger partial charge on any atom is 0.401 e. The number of hydrogen-bond donors (Lipinski definition) is 1. The number of amides is 2. The highest BCUT2D eigenvalue weighted by Gasteiger charge is 2.31. The summed E-state index contributed by atoms with van der Waals surface area (Å²) < 4.78 is 43.3. The average molecular weight is 402 g/mol. The quantitative estimate of drug-likeness (QED) is 0.761. The van der Waals surface area contributed by atoms with Gasteiger partial charge in [-0.05, 0) is 38.2 Å². The Balaban J connectivity index is 1.79. The van der Waals surface area contributed by atoms with Crippen LogP contribution in [0.4, 0.5) is 18.0 Å². The van der Waals surface area contributed by atoms with Gasteiger partial charge in [-0.2, -0.15) is 13.2 Å². The zero-order valence-corrected chi connectivity index (χ0v) is 16.5. The minimum atomic E-state index is -4.21. The van der Waals surface area contributed by atoms with Crippen LogP contribution in [0, 0.1) is 0 Å². The predicted octanol–water partition coefficient (Wildman–Crippen LogP) is 2.41. The summed E-state index contributed by atoms with van der Waals surface area (Å²) in [4.78, 5) is 17.3. The van der Waals surface area contributed by atoms with E-state index in [2.05, 4.69) is 5.32 Å². The molecule has 158 valence electrons. The van der Waals surface area contributed by atoms with Crippen molar-refractivity contribution in [2.75, 3.05) is 60.0 Å². The fourth-order valence-corrected chi connectivity index (χ4v) is 2.97. The number of rotatable bonds is 7. The maximum atomic E-state index is 12.5. The van der Waals surface area contributed by atoms with Crippen molar-refractivity contribution in [3.8, 4) is 5.75 Å². The van der Waals surface area contributed by atoms with Crippen LogP contribution in [0.15, 0.2) is 24.3 Å². The smallest absolute Gasteiger partial charge is 0.401 e. The van der Waals surface area contributed by atoms with Crippen molar-refractivity contribution in [2.45, 2.75) is 19.1 Å². The molecule has 28 heavy (non-hydrogen) atoms. The van der Waals surface area contributed by atoms with E-state index in [1.807, 2.05) is 43.3 Å². The van der Waals surface area contributed by atoms with Gasteiger partial charge in [-0.3, -0.25) is 4.90 Å². The van der Waals surface area contributed by atoms with Crippen LogP contribution in [0.3, 0.4) is 0 Å². The van der Waals surface area contributed by atoms with Gasteiger partial charge >= 0.3 is 12.2 Å². The molecule has 6 nitrogen and oxygen atoms in total. The second kappa shape index (κ2) is 10.5. The van der Waals surface area contributed by atoms with E-state index in [4.69, 9.17) is 4.74 Å². The highest BCUT2D eigenvalue weighted by molar-refractivity contribution is 5.74. The summed E-state index contributed by atoms with van der Waals surface area (Å²) in [5.74, 6) is 0.742. The van der Waals surface area contributed by atoms with Crippen LogP contribution in [-0.4, -0.2) is 86.9 Å². The normalized spacial score (nSPS) is 16.1. The Bertz CT molecular complexity index is 625. The van der Waals surface area contributed by atoms with Crippen molar-refractivity contribution in [1.29, 1.82) is 0 Å². The van der Waals surface area contributed by atoms with Gasteiger partial charge in [-0.15, -0.1) is 0 Å². The van der Waals surface area contributed by atoms with Crippen molar-refractivity contribution in [3.05, 3.63) is 29.8 Å². The third kappa shape index (κ3) is 8.35. The third-order valence-electron chi connectivity index (χ3n) is 4.43. The van der Waals surface area contributed by atoms with Gasteiger partial charge in [0, 0.05) is 39.3 Å². The lowest BCUT2D eigenvalue weighted by Gasteiger charge is -2.23. The summed E-state index contributed by atoms with van der Waals surface area (Å²) in [6, 6.07) is 7.25. The number of alkyl halides is 3. The maximum absolute atomic E-state index is 12.5. The van der Waals surface area contributed by atoms with E-state index in [9.17, 15) is 18.0 Å². The molecule has 0 unspecified atom stereocenters. The average Bonchev–Trinajstić information content (AvgIpc) is 2.84. The molecule has 0 saturated carbocycles. The van der Waals surface area contributed by atoms with Gasteiger partial charge in [0.15, 0.2) is 0 Å². The molecule has 1 aromatic carbocycles. The molecule has 0 radical (unpaired) electrons. The minimum absolute atomic E-state index is 0.224. The molecule has 1 aliphatic rings. The molecular formula is C19H29F3N4O2. The van der Waals surface area contributed by atoms with Crippen LogP contribution in [0.5, 0.6) is 5.75 Å². The van der Waals surface area contributed by atoms with Crippen LogP contribution < -0.4 is 10.1 Å². The van der Waals surface area contributed by atoms with Crippen LogP contribution in [0.25, 0.3) is 0 Å². The summed E-state index contributed by atoms with van der Waals surface area (Å²) >= 11 is 0. The number of carbonyl (C=O) groups is 1. The van der Waals surface area contributed by atoms with E-state index in [0.717, 1.165) is 17.9 Å². The van der Waals surface area contributed by atoms with Gasteiger partial charge in [0.05, 0.1) is 6.54 Å². The lowest BCUT2D eigenvalue weighted by Crippen LogP contribution is -2.42. The predicted molar refractivity (Wildman–Crippen MR) is 101 cm³/mol. The number of likely N-dealkylation sites (N-methyl/N-ethyl adjacent to an activating group) is 1. The molecule has 1 aliphatic heterocycles. The van der Waals surface area contributed by atoms with E-state index in [-0.39, 0.29) is 19.1 Å². The molecule has 0 aromatic heterocycles. The number of hydrogen-bond acceptors (Lipinski definition) is 4. The van der Waals surface area contributed by atoms with E-state index in [1.54, 1.807) is 4.90 Å². The van der Waals surface area contributed by atoms with Crippen molar-refractivity contribution < 1.29 is 22.7 Å². The van der Waals surface area contributed by atoms with Gasteiger partial charge in [-0.1, -0.05) is 12.1 Å². The molecule has 0 atom stereocenters. The zero-order chi connectivity index (χ0) is 20.6. The van der Waals surface area contributed by atoms with Crippen molar-refractivity contribution in [2.24, 2.45) is 0 Å². The molecule has 1 aromatic rings. The highest BCUT2D eigenvalue weighted by atomic mass is 19.4. The number of ether oxygens (including phenoxy) is 1. The molecule has 0 bridgehead atoms. The zero-order valence-electron chi connectivity index (χ0n) is 16.5. The Morgan fingerprint density at radius 2 is 2.00 bits per heavy atom. The molecule has 0 spiro atoms. The van der Waals surface area contributed by atoms with Crippen LogP contribution in [0.1, 0.15) is 12.0 Å². The second-order valence-corrected chi connectivity index (χ2v) is 7.19. The first-order chi connectivity index (χ1) is 13.2. The molecular weight excluding hydrogens is 373 g/mol. The second-order valence-electron chi connectivity index (χ2n) is 7.19. The molecule has 1 heterocycles. The number of benzene rings is 1. The van der Waals surface area contributed by atoms with Crippen LogP contribution in [0.2, 0.25) is 0 Å².